The van der Waals surface area contributed by atoms with Gasteiger partial charge in [-0.25, -0.2) is 14.2 Å². The van der Waals surface area contributed by atoms with E-state index in [1.165, 1.54) is 12.7 Å². The lowest BCUT2D eigenvalue weighted by Gasteiger charge is -2.15. The third kappa shape index (κ3) is 1.41. The van der Waals surface area contributed by atoms with E-state index < -0.39 is 11.0 Å². The summed E-state index contributed by atoms with van der Waals surface area (Å²) < 4.78 is 15.2. The van der Waals surface area contributed by atoms with Gasteiger partial charge in [0.15, 0.2) is 16.0 Å². The topological polar surface area (TPSA) is 67.2 Å². The highest BCUT2D eigenvalue weighted by atomic mass is 32.2. The molecule has 1 aromatic heterocycles. The number of rotatable bonds is 1. The van der Waals surface area contributed by atoms with Gasteiger partial charge < -0.3 is 5.32 Å². The summed E-state index contributed by atoms with van der Waals surface area (Å²) in [6.45, 7) is 4.05. The van der Waals surface area contributed by atoms with Gasteiger partial charge in [0.05, 0.1) is 11.4 Å². The van der Waals surface area contributed by atoms with Crippen molar-refractivity contribution in [3.8, 4) is 0 Å². The second-order valence-electron chi connectivity index (χ2n) is 3.22. The van der Waals surface area contributed by atoms with Crippen LogP contribution < -0.4 is 5.32 Å². The highest BCUT2D eigenvalue weighted by Crippen LogP contribution is 2.27. The van der Waals surface area contributed by atoms with Gasteiger partial charge in [-0.05, 0) is 5.92 Å². The van der Waals surface area contributed by atoms with Gasteiger partial charge in [-0.1, -0.05) is 13.8 Å². The number of hydrogen-bond acceptors (Lipinski definition) is 4. The Kier molecular flexibility index (Phi) is 2.28. The highest BCUT2D eigenvalue weighted by molar-refractivity contribution is 7.84. The summed E-state index contributed by atoms with van der Waals surface area (Å²) in [5, 5.41) is 3.40. The minimum absolute atomic E-state index is 0.266. The summed E-state index contributed by atoms with van der Waals surface area (Å²) in [4.78, 5) is 8.11. The number of hydrogen-bond donors (Lipinski definition) is 1. The summed E-state index contributed by atoms with van der Waals surface area (Å²) in [5.41, 5.74) is 1.60. The second kappa shape index (κ2) is 3.45. The molecular weight excluding hydrogens is 200 g/mol. The van der Waals surface area contributed by atoms with Crippen LogP contribution in [0.1, 0.15) is 25.5 Å². The Morgan fingerprint density at radius 1 is 1.43 bits per heavy atom. The van der Waals surface area contributed by atoms with Crippen LogP contribution in [0.25, 0.3) is 0 Å². The molecule has 0 bridgehead atoms. The SMILES string of the molecule is CC(C)c1ncnc2c1NC=N[S@]2=O. The summed E-state index contributed by atoms with van der Waals surface area (Å²) in [6.07, 6.45) is 2.85. The van der Waals surface area contributed by atoms with E-state index in [4.69, 9.17) is 0 Å². The predicted octanol–water partition coefficient (Wildman–Crippen LogP) is 1.08. The Labute approximate surface area is 84.3 Å². The van der Waals surface area contributed by atoms with Crippen LogP contribution in [0.2, 0.25) is 0 Å². The molecule has 0 saturated heterocycles. The number of fused-ring (bicyclic) bond motifs is 1. The largest absolute Gasteiger partial charge is 0.342 e. The maximum atomic E-state index is 11.4. The fraction of sp³-hybridized carbons (Fsp3) is 0.375. The van der Waals surface area contributed by atoms with Crippen LogP contribution in [0, 0.1) is 0 Å². The first kappa shape index (κ1) is 9.26. The van der Waals surface area contributed by atoms with Gasteiger partial charge in [0.2, 0.25) is 0 Å². The molecule has 0 aliphatic carbocycles. The zero-order chi connectivity index (χ0) is 10.1. The maximum Gasteiger partial charge on any atom is 0.195 e. The molecule has 2 heterocycles. The molecule has 0 saturated carbocycles. The molecule has 0 amide bonds. The van der Waals surface area contributed by atoms with Crippen molar-refractivity contribution in [1.29, 1.82) is 0 Å². The molecule has 1 aliphatic rings. The van der Waals surface area contributed by atoms with Crippen molar-refractivity contribution < 1.29 is 4.21 Å². The van der Waals surface area contributed by atoms with Crippen molar-refractivity contribution >= 4 is 23.0 Å². The average molecular weight is 210 g/mol. The van der Waals surface area contributed by atoms with E-state index in [9.17, 15) is 4.21 Å². The Morgan fingerprint density at radius 3 is 2.93 bits per heavy atom. The monoisotopic (exact) mass is 210 g/mol. The van der Waals surface area contributed by atoms with Crippen molar-refractivity contribution in [2.45, 2.75) is 24.8 Å². The molecule has 1 atom stereocenters. The maximum absolute atomic E-state index is 11.4. The minimum Gasteiger partial charge on any atom is -0.342 e. The fourth-order valence-electron chi connectivity index (χ4n) is 1.28. The molecule has 6 heteroatoms. The molecule has 0 fully saturated rings. The third-order valence-corrected chi connectivity index (χ3v) is 2.85. The van der Waals surface area contributed by atoms with Crippen molar-refractivity contribution in [2.24, 2.45) is 4.40 Å². The van der Waals surface area contributed by atoms with Crippen molar-refractivity contribution in [2.75, 3.05) is 5.32 Å². The van der Waals surface area contributed by atoms with Gasteiger partial charge >= 0.3 is 0 Å². The Hall–Kier alpha value is -1.30. The van der Waals surface area contributed by atoms with Gasteiger partial charge in [-0.15, -0.1) is 0 Å². The van der Waals surface area contributed by atoms with Gasteiger partial charge in [-0.3, -0.25) is 0 Å². The molecule has 0 unspecified atom stereocenters. The number of nitrogens with zero attached hydrogens (tertiary/aromatic N) is 3. The first-order valence-corrected chi connectivity index (χ1v) is 5.36. The molecule has 1 aromatic rings. The molecule has 0 spiro atoms. The zero-order valence-corrected chi connectivity index (χ0v) is 8.71. The molecule has 5 nitrogen and oxygen atoms in total. The standard InChI is InChI=1S/C8H10N4OS/c1-5(2)6-7-8(11-3-9-6)14(13)12-4-10-7/h3-5H,1-2H3,(H,10,12)/t14-/m0/s1. The lowest BCUT2D eigenvalue weighted by atomic mass is 10.1. The zero-order valence-electron chi connectivity index (χ0n) is 7.89. The van der Waals surface area contributed by atoms with E-state index in [0.29, 0.717) is 5.03 Å². The van der Waals surface area contributed by atoms with E-state index in [0.717, 1.165) is 11.4 Å². The first-order valence-electron chi connectivity index (χ1n) is 4.26. The van der Waals surface area contributed by atoms with Gasteiger partial charge in [-0.2, -0.15) is 4.40 Å². The molecule has 1 aliphatic heterocycles. The summed E-state index contributed by atoms with van der Waals surface area (Å²) in [5.74, 6) is 0.266. The van der Waals surface area contributed by atoms with E-state index in [2.05, 4.69) is 19.7 Å². The van der Waals surface area contributed by atoms with Crippen LogP contribution in [0.15, 0.2) is 15.8 Å². The molecule has 74 valence electrons. The normalized spacial score (nSPS) is 19.2. The van der Waals surface area contributed by atoms with Crippen molar-refractivity contribution in [1.82, 2.24) is 9.97 Å². The van der Waals surface area contributed by atoms with Gasteiger partial charge in [0.25, 0.3) is 0 Å². The smallest absolute Gasteiger partial charge is 0.195 e. The first-order chi connectivity index (χ1) is 6.70. The average Bonchev–Trinajstić information content (AvgIpc) is 2.17. The number of aromatic nitrogens is 2. The predicted molar refractivity (Wildman–Crippen MR) is 54.6 cm³/mol. The second-order valence-corrected chi connectivity index (χ2v) is 4.32. The van der Waals surface area contributed by atoms with Crippen molar-refractivity contribution in [3.05, 3.63) is 12.0 Å². The van der Waals surface area contributed by atoms with E-state index in [1.807, 2.05) is 13.8 Å². The van der Waals surface area contributed by atoms with Crippen LogP contribution in [-0.4, -0.2) is 20.5 Å². The third-order valence-electron chi connectivity index (χ3n) is 1.91. The lowest BCUT2D eigenvalue weighted by Crippen LogP contribution is -2.13. The summed E-state index contributed by atoms with van der Waals surface area (Å²) in [6, 6.07) is 0. The molecule has 0 aromatic carbocycles. The van der Waals surface area contributed by atoms with Crippen LogP contribution >= 0.6 is 0 Å². The van der Waals surface area contributed by atoms with Crippen LogP contribution in [-0.2, 0) is 11.0 Å². The van der Waals surface area contributed by atoms with Crippen molar-refractivity contribution in [3.63, 3.8) is 0 Å². The highest BCUT2D eigenvalue weighted by Gasteiger charge is 2.19. The molecule has 14 heavy (non-hydrogen) atoms. The van der Waals surface area contributed by atoms with E-state index in [-0.39, 0.29) is 5.92 Å². The molecule has 0 radical (unpaired) electrons. The lowest BCUT2D eigenvalue weighted by molar-refractivity contribution is 0.680. The van der Waals surface area contributed by atoms with Gasteiger partial charge in [0, 0.05) is 0 Å². The fourth-order valence-corrected chi connectivity index (χ4v) is 2.00. The molecule has 2 rings (SSSR count). The van der Waals surface area contributed by atoms with E-state index in [1.54, 1.807) is 0 Å². The number of nitrogens with one attached hydrogen (secondary N) is 1. The Morgan fingerprint density at radius 2 is 2.21 bits per heavy atom. The molecular formula is C8H10N4OS. The molecule has 1 N–H and O–H groups in total. The summed E-state index contributed by atoms with van der Waals surface area (Å²) in [7, 11) is -1.39. The van der Waals surface area contributed by atoms with E-state index >= 15 is 0 Å². The summed E-state index contributed by atoms with van der Waals surface area (Å²) >= 11 is 0. The minimum atomic E-state index is -1.39. The van der Waals surface area contributed by atoms with Gasteiger partial charge in [0.1, 0.15) is 12.7 Å². The quantitative estimate of drug-likeness (QED) is 0.704. The Bertz CT molecular complexity index is 416. The number of anilines is 1. The van der Waals surface area contributed by atoms with Crippen LogP contribution in [0.3, 0.4) is 0 Å². The van der Waals surface area contributed by atoms with Crippen LogP contribution in [0.4, 0.5) is 5.69 Å². The Balaban J connectivity index is 2.59. The van der Waals surface area contributed by atoms with Crippen LogP contribution in [0.5, 0.6) is 0 Å².